The molecule has 2 heterocycles. The monoisotopic (exact) mass is 428 g/mol. The Bertz CT molecular complexity index is 1030. The zero-order valence-electron chi connectivity index (χ0n) is 16.4. The number of ether oxygens (including phenoxy) is 3. The van der Waals surface area contributed by atoms with E-state index in [1.54, 1.807) is 42.5 Å². The molecule has 1 atom stereocenters. The number of anilines is 4. The van der Waals surface area contributed by atoms with Crippen LogP contribution in [0.25, 0.3) is 0 Å². The highest BCUT2D eigenvalue weighted by Gasteiger charge is 2.14. The van der Waals surface area contributed by atoms with Gasteiger partial charge >= 0.3 is 0 Å². The van der Waals surface area contributed by atoms with Crippen molar-refractivity contribution < 1.29 is 28.8 Å². The van der Waals surface area contributed by atoms with Crippen molar-refractivity contribution in [1.29, 1.82) is 0 Å². The van der Waals surface area contributed by atoms with Crippen molar-refractivity contribution in [2.24, 2.45) is 0 Å². The largest absolute Gasteiger partial charge is 0.491 e. The van der Waals surface area contributed by atoms with Crippen molar-refractivity contribution >= 4 is 23.1 Å². The highest BCUT2D eigenvalue weighted by Crippen LogP contribution is 2.33. The molecule has 1 aliphatic rings. The summed E-state index contributed by atoms with van der Waals surface area (Å²) < 4.78 is 30.6. The van der Waals surface area contributed by atoms with Gasteiger partial charge in [0.2, 0.25) is 5.95 Å². The first kappa shape index (κ1) is 20.6. The topological polar surface area (TPSA) is 118 Å². The quantitative estimate of drug-likeness (QED) is 0.429. The standard InChI is InChI=1S/C21H21FN4O5/c22-17-10-23-21(25-13-1-4-16(5-2-13)31-12-15(28)11-27)26-20(17)24-14-3-6-18-19(9-14)30-8-7-29-18/h1-6,9-10,15,27-28H,7-8,11-12H2,(H2,23,24,25,26). The van der Waals surface area contributed by atoms with Crippen LogP contribution >= 0.6 is 0 Å². The van der Waals surface area contributed by atoms with Crippen molar-refractivity contribution in [3.63, 3.8) is 0 Å². The number of nitrogens with one attached hydrogen (secondary N) is 2. The van der Waals surface area contributed by atoms with Crippen molar-refractivity contribution in [3.05, 3.63) is 54.5 Å². The number of aromatic nitrogens is 2. The molecule has 1 aromatic heterocycles. The number of benzene rings is 2. The average Bonchev–Trinajstić information content (AvgIpc) is 2.80. The van der Waals surface area contributed by atoms with E-state index in [1.165, 1.54) is 0 Å². The molecule has 162 valence electrons. The molecule has 0 spiro atoms. The van der Waals surface area contributed by atoms with Crippen molar-refractivity contribution in [3.8, 4) is 17.2 Å². The van der Waals surface area contributed by atoms with Crippen LogP contribution < -0.4 is 24.8 Å². The normalized spacial score (nSPS) is 13.4. The summed E-state index contributed by atoms with van der Waals surface area (Å²) in [6, 6.07) is 12.0. The zero-order chi connectivity index (χ0) is 21.6. The molecule has 0 aliphatic carbocycles. The third-order valence-electron chi connectivity index (χ3n) is 4.31. The minimum absolute atomic E-state index is 0.00659. The number of halogens is 1. The second kappa shape index (κ2) is 9.45. The van der Waals surface area contributed by atoms with Crippen LogP contribution in [0, 0.1) is 5.82 Å². The van der Waals surface area contributed by atoms with E-state index < -0.39 is 11.9 Å². The lowest BCUT2D eigenvalue weighted by Crippen LogP contribution is -2.21. The Morgan fingerprint density at radius 3 is 2.55 bits per heavy atom. The average molecular weight is 428 g/mol. The van der Waals surface area contributed by atoms with Crippen LogP contribution in [0.1, 0.15) is 0 Å². The summed E-state index contributed by atoms with van der Waals surface area (Å²) in [6.45, 7) is 0.564. The summed E-state index contributed by atoms with van der Waals surface area (Å²) in [4.78, 5) is 8.16. The number of nitrogens with zero attached hydrogens (tertiary/aromatic N) is 2. The van der Waals surface area contributed by atoms with E-state index in [1.807, 2.05) is 0 Å². The molecule has 0 bridgehead atoms. The van der Waals surface area contributed by atoms with Crippen LogP contribution in [0.4, 0.5) is 27.5 Å². The lowest BCUT2D eigenvalue weighted by atomic mass is 10.2. The molecule has 10 heteroatoms. The molecule has 0 amide bonds. The Hall–Kier alpha value is -3.63. The van der Waals surface area contributed by atoms with Gasteiger partial charge in [0, 0.05) is 17.4 Å². The van der Waals surface area contributed by atoms with Crippen molar-refractivity contribution in [1.82, 2.24) is 9.97 Å². The number of hydrogen-bond donors (Lipinski definition) is 4. The van der Waals surface area contributed by atoms with Gasteiger partial charge < -0.3 is 35.1 Å². The van der Waals surface area contributed by atoms with Gasteiger partial charge in [0.15, 0.2) is 23.1 Å². The summed E-state index contributed by atoms with van der Waals surface area (Å²) in [7, 11) is 0. The second-order valence-corrected chi connectivity index (χ2v) is 6.67. The van der Waals surface area contributed by atoms with E-state index in [4.69, 9.17) is 19.3 Å². The van der Waals surface area contributed by atoms with Crippen LogP contribution in [0.3, 0.4) is 0 Å². The fourth-order valence-electron chi connectivity index (χ4n) is 2.78. The van der Waals surface area contributed by atoms with Gasteiger partial charge in [-0.1, -0.05) is 0 Å². The Labute approximate surface area is 177 Å². The highest BCUT2D eigenvalue weighted by molar-refractivity contribution is 5.63. The van der Waals surface area contributed by atoms with Crippen LogP contribution in [-0.4, -0.2) is 52.7 Å². The molecule has 4 rings (SSSR count). The minimum atomic E-state index is -0.939. The molecule has 31 heavy (non-hydrogen) atoms. The summed E-state index contributed by atoms with van der Waals surface area (Å²) in [5.74, 6) is 1.35. The first-order valence-corrected chi connectivity index (χ1v) is 9.59. The smallest absolute Gasteiger partial charge is 0.229 e. The SMILES string of the molecule is OCC(O)COc1ccc(Nc2ncc(F)c(Nc3ccc4c(c3)OCCO4)n2)cc1. The minimum Gasteiger partial charge on any atom is -0.491 e. The van der Waals surface area contributed by atoms with Gasteiger partial charge in [-0.15, -0.1) is 0 Å². The third kappa shape index (κ3) is 5.30. The molecule has 0 saturated heterocycles. The summed E-state index contributed by atoms with van der Waals surface area (Å²) in [5.41, 5.74) is 1.26. The number of aliphatic hydroxyl groups excluding tert-OH is 2. The lowest BCUT2D eigenvalue weighted by Gasteiger charge is -2.19. The maximum atomic E-state index is 14.2. The molecule has 2 aromatic carbocycles. The van der Waals surface area contributed by atoms with Crippen molar-refractivity contribution in [2.45, 2.75) is 6.10 Å². The Kier molecular flexibility index (Phi) is 6.29. The fourth-order valence-corrected chi connectivity index (χ4v) is 2.78. The van der Waals surface area contributed by atoms with Crippen LogP contribution in [-0.2, 0) is 0 Å². The van der Waals surface area contributed by atoms with Gasteiger partial charge in [0.1, 0.15) is 31.7 Å². The van der Waals surface area contributed by atoms with Gasteiger partial charge in [-0.3, -0.25) is 0 Å². The molecule has 4 N–H and O–H groups in total. The molecule has 3 aromatic rings. The number of aliphatic hydroxyl groups is 2. The molecule has 0 saturated carbocycles. The predicted molar refractivity (Wildman–Crippen MR) is 111 cm³/mol. The third-order valence-corrected chi connectivity index (χ3v) is 4.31. The van der Waals surface area contributed by atoms with E-state index in [0.717, 1.165) is 6.20 Å². The van der Waals surface area contributed by atoms with E-state index >= 15 is 0 Å². The molecule has 9 nitrogen and oxygen atoms in total. The lowest BCUT2D eigenvalue weighted by molar-refractivity contribution is 0.0536. The van der Waals surface area contributed by atoms with Gasteiger partial charge in [-0.25, -0.2) is 9.37 Å². The number of rotatable bonds is 8. The maximum absolute atomic E-state index is 14.2. The Balaban J connectivity index is 1.43. The molecular weight excluding hydrogens is 407 g/mol. The van der Waals surface area contributed by atoms with Crippen molar-refractivity contribution in [2.75, 3.05) is 37.1 Å². The van der Waals surface area contributed by atoms with E-state index in [2.05, 4.69) is 20.6 Å². The first-order chi connectivity index (χ1) is 15.1. The molecule has 1 unspecified atom stereocenters. The van der Waals surface area contributed by atoms with Gasteiger partial charge in [0.05, 0.1) is 12.8 Å². The van der Waals surface area contributed by atoms with E-state index in [-0.39, 0.29) is 25.0 Å². The van der Waals surface area contributed by atoms with Crippen LogP contribution in [0.2, 0.25) is 0 Å². The maximum Gasteiger partial charge on any atom is 0.229 e. The molecular formula is C21H21FN4O5. The van der Waals surface area contributed by atoms with Crippen LogP contribution in [0.15, 0.2) is 48.7 Å². The Morgan fingerprint density at radius 2 is 1.77 bits per heavy atom. The van der Waals surface area contributed by atoms with E-state index in [9.17, 15) is 9.50 Å². The van der Waals surface area contributed by atoms with Gasteiger partial charge in [-0.2, -0.15) is 4.98 Å². The molecule has 0 radical (unpaired) electrons. The summed E-state index contributed by atoms with van der Waals surface area (Å²) >= 11 is 0. The first-order valence-electron chi connectivity index (χ1n) is 9.59. The summed E-state index contributed by atoms with van der Waals surface area (Å²) in [5, 5.41) is 24.1. The highest BCUT2D eigenvalue weighted by atomic mass is 19.1. The van der Waals surface area contributed by atoms with E-state index in [0.29, 0.717) is 41.8 Å². The zero-order valence-corrected chi connectivity index (χ0v) is 16.4. The van der Waals surface area contributed by atoms with Gasteiger partial charge in [-0.05, 0) is 36.4 Å². The van der Waals surface area contributed by atoms with Crippen LogP contribution in [0.5, 0.6) is 17.2 Å². The molecule has 0 fully saturated rings. The number of fused-ring (bicyclic) bond motifs is 1. The van der Waals surface area contributed by atoms with Gasteiger partial charge in [0.25, 0.3) is 0 Å². The summed E-state index contributed by atoms with van der Waals surface area (Å²) in [6.07, 6.45) is 0.134. The molecule has 1 aliphatic heterocycles. The predicted octanol–water partition coefficient (Wildman–Crippen LogP) is 2.61. The number of hydrogen-bond acceptors (Lipinski definition) is 9. The second-order valence-electron chi connectivity index (χ2n) is 6.67. The Morgan fingerprint density at radius 1 is 1.03 bits per heavy atom. The fraction of sp³-hybridized carbons (Fsp3) is 0.238.